The maximum absolute atomic E-state index is 8.79. The number of hydrogen-bond acceptors (Lipinski definition) is 5. The van der Waals surface area contributed by atoms with Gasteiger partial charge in [-0.1, -0.05) is 11.6 Å². The van der Waals surface area contributed by atoms with Crippen molar-refractivity contribution in [1.29, 1.82) is 5.26 Å². The van der Waals surface area contributed by atoms with Crippen molar-refractivity contribution in [2.75, 3.05) is 5.32 Å². The lowest BCUT2D eigenvalue weighted by Crippen LogP contribution is -2.05. The number of anilines is 2. The van der Waals surface area contributed by atoms with E-state index < -0.39 is 0 Å². The Hall–Kier alpha value is -2.65. The van der Waals surface area contributed by atoms with Gasteiger partial charge in [-0.05, 0) is 31.2 Å². The van der Waals surface area contributed by atoms with Crippen molar-refractivity contribution in [3.05, 3.63) is 46.9 Å². The molecule has 0 amide bonds. The van der Waals surface area contributed by atoms with Gasteiger partial charge in [-0.2, -0.15) is 24.8 Å². The van der Waals surface area contributed by atoms with E-state index >= 15 is 0 Å². The quantitative estimate of drug-likeness (QED) is 0.732. The summed E-state index contributed by atoms with van der Waals surface area (Å²) in [4.78, 5) is 8.16. The highest BCUT2D eigenvalue weighted by Crippen LogP contribution is 2.25. The first-order chi connectivity index (χ1) is 9.69. The monoisotopic (exact) mass is 284 g/mol. The predicted octanol–water partition coefficient (Wildman–Crippen LogP) is 2.70. The Kier molecular flexibility index (Phi) is 2.97. The van der Waals surface area contributed by atoms with Crippen LogP contribution in [0.3, 0.4) is 0 Å². The number of benzene rings is 1. The molecule has 0 unspecified atom stereocenters. The molecule has 3 rings (SSSR count). The molecule has 20 heavy (non-hydrogen) atoms. The molecule has 0 bridgehead atoms. The first kappa shape index (κ1) is 12.4. The van der Waals surface area contributed by atoms with Crippen LogP contribution >= 0.6 is 11.6 Å². The minimum Gasteiger partial charge on any atom is -0.340 e. The van der Waals surface area contributed by atoms with Gasteiger partial charge in [0, 0.05) is 11.3 Å². The van der Waals surface area contributed by atoms with Crippen LogP contribution in [0.2, 0.25) is 5.15 Å². The smallest absolute Gasteiger partial charge is 0.255 e. The molecule has 98 valence electrons. The third-order valence-electron chi connectivity index (χ3n) is 2.88. The Morgan fingerprint density at radius 3 is 2.75 bits per heavy atom. The van der Waals surface area contributed by atoms with Gasteiger partial charge in [0.2, 0.25) is 0 Å². The third kappa shape index (κ3) is 2.04. The number of aromatic nitrogens is 4. The highest BCUT2D eigenvalue weighted by molar-refractivity contribution is 6.30. The van der Waals surface area contributed by atoms with Gasteiger partial charge in [0.25, 0.3) is 5.78 Å². The summed E-state index contributed by atoms with van der Waals surface area (Å²) >= 11 is 6.09. The molecule has 2 heterocycles. The number of nitriles is 1. The van der Waals surface area contributed by atoms with E-state index in [1.54, 1.807) is 16.6 Å². The van der Waals surface area contributed by atoms with Crippen LogP contribution in [0, 0.1) is 18.3 Å². The second kappa shape index (κ2) is 4.79. The molecule has 3 aromatic rings. The van der Waals surface area contributed by atoms with Gasteiger partial charge in [-0.3, -0.25) is 0 Å². The molecular weight excluding hydrogens is 276 g/mol. The fourth-order valence-electron chi connectivity index (χ4n) is 1.81. The molecule has 0 saturated heterocycles. The van der Waals surface area contributed by atoms with E-state index in [9.17, 15) is 0 Å². The molecule has 1 N–H and O–H groups in total. The summed E-state index contributed by atoms with van der Waals surface area (Å²) in [7, 11) is 0. The first-order valence-electron chi connectivity index (χ1n) is 5.82. The number of nitrogens with zero attached hydrogens (tertiary/aromatic N) is 5. The molecule has 1 aromatic carbocycles. The lowest BCUT2D eigenvalue weighted by atomic mass is 10.2. The van der Waals surface area contributed by atoms with Crippen LogP contribution in [0.4, 0.5) is 11.5 Å². The van der Waals surface area contributed by atoms with Crippen molar-refractivity contribution in [3.8, 4) is 6.07 Å². The van der Waals surface area contributed by atoms with Crippen molar-refractivity contribution in [1.82, 2.24) is 19.6 Å². The zero-order chi connectivity index (χ0) is 14.1. The summed E-state index contributed by atoms with van der Waals surface area (Å²) in [5, 5.41) is 16.5. The van der Waals surface area contributed by atoms with E-state index in [1.807, 2.05) is 19.1 Å². The van der Waals surface area contributed by atoms with Crippen molar-refractivity contribution in [3.63, 3.8) is 0 Å². The third-order valence-corrected chi connectivity index (χ3v) is 3.25. The molecule has 2 aromatic heterocycles. The molecule has 0 aliphatic rings. The first-order valence-corrected chi connectivity index (χ1v) is 6.20. The van der Waals surface area contributed by atoms with E-state index in [4.69, 9.17) is 16.9 Å². The summed E-state index contributed by atoms with van der Waals surface area (Å²) in [6.07, 6.45) is 1.42. The molecule has 0 fully saturated rings. The second-order valence-corrected chi connectivity index (χ2v) is 4.52. The summed E-state index contributed by atoms with van der Waals surface area (Å²) < 4.78 is 1.58. The summed E-state index contributed by atoms with van der Waals surface area (Å²) in [5.74, 6) is 1.12. The number of nitrogens with one attached hydrogen (secondary N) is 1. The number of halogens is 1. The van der Waals surface area contributed by atoms with Crippen molar-refractivity contribution >= 4 is 28.9 Å². The van der Waals surface area contributed by atoms with Crippen LogP contribution in [0.25, 0.3) is 5.78 Å². The Bertz CT molecular complexity index is 815. The maximum Gasteiger partial charge on any atom is 0.255 e. The Balaban J connectivity index is 2.07. The standard InChI is InChI=1S/C13H9ClN6/c1-8-11(14)19-13-16-7-17-20(13)12(8)18-10-4-2-9(6-15)3-5-10/h2-5,7,18H,1H3. The molecule has 0 aliphatic heterocycles. The van der Waals surface area contributed by atoms with Crippen molar-refractivity contribution in [2.24, 2.45) is 0 Å². The summed E-state index contributed by atoms with van der Waals surface area (Å²) in [5.41, 5.74) is 2.20. The summed E-state index contributed by atoms with van der Waals surface area (Å²) in [6, 6.07) is 9.18. The lowest BCUT2D eigenvalue weighted by Gasteiger charge is -2.11. The normalized spacial score (nSPS) is 10.4. The van der Waals surface area contributed by atoms with Crippen LogP contribution in [0.5, 0.6) is 0 Å². The molecule has 6 nitrogen and oxygen atoms in total. The fourth-order valence-corrected chi connectivity index (χ4v) is 1.97. The predicted molar refractivity (Wildman–Crippen MR) is 75.0 cm³/mol. The molecule has 0 radical (unpaired) electrons. The highest BCUT2D eigenvalue weighted by Gasteiger charge is 2.12. The van der Waals surface area contributed by atoms with E-state index in [0.29, 0.717) is 22.3 Å². The van der Waals surface area contributed by atoms with E-state index in [1.165, 1.54) is 6.33 Å². The van der Waals surface area contributed by atoms with Crippen molar-refractivity contribution < 1.29 is 0 Å². The molecular formula is C13H9ClN6. The number of rotatable bonds is 2. The van der Waals surface area contributed by atoms with E-state index in [2.05, 4.69) is 26.5 Å². The highest BCUT2D eigenvalue weighted by atomic mass is 35.5. The van der Waals surface area contributed by atoms with Gasteiger partial charge in [0.15, 0.2) is 0 Å². The molecule has 0 saturated carbocycles. The minimum absolute atomic E-state index is 0.377. The topological polar surface area (TPSA) is 78.9 Å². The second-order valence-electron chi connectivity index (χ2n) is 4.16. The zero-order valence-electron chi connectivity index (χ0n) is 10.5. The van der Waals surface area contributed by atoms with Gasteiger partial charge < -0.3 is 5.32 Å². The lowest BCUT2D eigenvalue weighted by molar-refractivity contribution is 0.936. The molecule has 0 atom stereocenters. The number of hydrogen-bond donors (Lipinski definition) is 1. The average molecular weight is 285 g/mol. The molecule has 7 heteroatoms. The Labute approximate surface area is 119 Å². The molecule has 0 aliphatic carbocycles. The van der Waals surface area contributed by atoms with Gasteiger partial charge in [0.05, 0.1) is 11.6 Å². The molecule has 0 spiro atoms. The van der Waals surface area contributed by atoms with Crippen LogP contribution in [-0.4, -0.2) is 19.6 Å². The van der Waals surface area contributed by atoms with E-state index in [-0.39, 0.29) is 0 Å². The average Bonchev–Trinajstić information content (AvgIpc) is 2.92. The van der Waals surface area contributed by atoms with Gasteiger partial charge in [0.1, 0.15) is 17.3 Å². The minimum atomic E-state index is 0.377. The van der Waals surface area contributed by atoms with Crippen LogP contribution < -0.4 is 5.32 Å². The zero-order valence-corrected chi connectivity index (χ0v) is 11.3. The Morgan fingerprint density at radius 2 is 2.05 bits per heavy atom. The maximum atomic E-state index is 8.79. The van der Waals surface area contributed by atoms with Crippen LogP contribution in [0.1, 0.15) is 11.1 Å². The van der Waals surface area contributed by atoms with Crippen LogP contribution in [-0.2, 0) is 0 Å². The van der Waals surface area contributed by atoms with Gasteiger partial charge in [-0.15, -0.1) is 0 Å². The SMILES string of the molecule is Cc1c(Cl)nc2ncnn2c1Nc1ccc(C#N)cc1. The number of fused-ring (bicyclic) bond motifs is 1. The summed E-state index contributed by atoms with van der Waals surface area (Å²) in [6.45, 7) is 1.85. The van der Waals surface area contributed by atoms with Gasteiger partial charge in [-0.25, -0.2) is 0 Å². The van der Waals surface area contributed by atoms with Crippen molar-refractivity contribution in [2.45, 2.75) is 6.92 Å². The van der Waals surface area contributed by atoms with Gasteiger partial charge >= 0.3 is 0 Å². The fraction of sp³-hybridized carbons (Fsp3) is 0.0769. The Morgan fingerprint density at radius 1 is 1.30 bits per heavy atom. The van der Waals surface area contributed by atoms with E-state index in [0.717, 1.165) is 11.3 Å². The largest absolute Gasteiger partial charge is 0.340 e. The van der Waals surface area contributed by atoms with Crippen LogP contribution in [0.15, 0.2) is 30.6 Å².